The fourth-order valence-corrected chi connectivity index (χ4v) is 1.30. The Bertz CT molecular complexity index is 358. The molecule has 0 fully saturated rings. The van der Waals surface area contributed by atoms with Gasteiger partial charge < -0.3 is 4.90 Å². The van der Waals surface area contributed by atoms with E-state index in [0.717, 1.165) is 5.69 Å². The lowest BCUT2D eigenvalue weighted by molar-refractivity contribution is -0.115. The van der Waals surface area contributed by atoms with E-state index in [1.54, 1.807) is 12.1 Å². The summed E-state index contributed by atoms with van der Waals surface area (Å²) in [6.07, 6.45) is 1.29. The van der Waals surface area contributed by atoms with Crippen LogP contribution in [0.25, 0.3) is 0 Å². The molecule has 0 atom stereocenters. The first kappa shape index (κ1) is 7.98. The average molecular weight is 177 g/mol. The highest BCUT2D eigenvalue weighted by atomic mass is 19.1. The molecule has 0 spiro atoms. The number of carbonyl (C=O) groups excluding carboxylic acids is 1. The Balaban J connectivity index is 2.27. The van der Waals surface area contributed by atoms with E-state index in [0.29, 0.717) is 6.54 Å². The van der Waals surface area contributed by atoms with E-state index < -0.39 is 11.7 Å². The van der Waals surface area contributed by atoms with Crippen LogP contribution in [-0.4, -0.2) is 12.5 Å². The summed E-state index contributed by atoms with van der Waals surface area (Å²) in [4.78, 5) is 12.6. The van der Waals surface area contributed by atoms with Crippen molar-refractivity contribution in [3.8, 4) is 0 Å². The van der Waals surface area contributed by atoms with Crippen LogP contribution in [0.1, 0.15) is 0 Å². The molecule has 0 radical (unpaired) electrons. The maximum Gasteiger partial charge on any atom is 0.287 e. The molecule has 1 aliphatic rings. The Hall–Kier alpha value is -1.64. The van der Waals surface area contributed by atoms with Gasteiger partial charge in [-0.1, -0.05) is 18.2 Å². The molecule has 2 nitrogen and oxygen atoms in total. The van der Waals surface area contributed by atoms with Gasteiger partial charge in [-0.15, -0.1) is 0 Å². The molecule has 2 rings (SSSR count). The predicted molar refractivity (Wildman–Crippen MR) is 48.0 cm³/mol. The lowest BCUT2D eigenvalue weighted by atomic mass is 10.3. The Morgan fingerprint density at radius 1 is 1.23 bits per heavy atom. The third-order valence-electron chi connectivity index (χ3n) is 1.97. The van der Waals surface area contributed by atoms with Gasteiger partial charge in [0.1, 0.15) is 0 Å². The molecule has 0 aromatic heterocycles. The van der Waals surface area contributed by atoms with E-state index in [1.165, 1.54) is 11.0 Å². The van der Waals surface area contributed by atoms with Crippen LogP contribution in [0.3, 0.4) is 0 Å². The van der Waals surface area contributed by atoms with E-state index in [-0.39, 0.29) is 0 Å². The molecule has 1 heterocycles. The normalized spacial score (nSPS) is 16.2. The van der Waals surface area contributed by atoms with Crippen molar-refractivity contribution >= 4 is 11.6 Å². The molecule has 3 heteroatoms. The second kappa shape index (κ2) is 3.01. The van der Waals surface area contributed by atoms with Gasteiger partial charge >= 0.3 is 0 Å². The molecule has 1 aromatic carbocycles. The standard InChI is InChI=1S/C10H8FNO/c11-9-6-7-12(10(9)13)8-4-2-1-3-5-8/h1-6H,7H2. The largest absolute Gasteiger partial charge is 0.302 e. The number of nitrogens with zero attached hydrogens (tertiary/aromatic N) is 1. The Labute approximate surface area is 75.3 Å². The molecule has 0 saturated carbocycles. The zero-order chi connectivity index (χ0) is 9.26. The van der Waals surface area contributed by atoms with Crippen molar-refractivity contribution in [1.29, 1.82) is 0 Å². The third kappa shape index (κ3) is 1.33. The first-order valence-electron chi connectivity index (χ1n) is 4.01. The quantitative estimate of drug-likeness (QED) is 0.641. The highest BCUT2D eigenvalue weighted by molar-refractivity contribution is 6.06. The summed E-state index contributed by atoms with van der Waals surface area (Å²) in [5.74, 6) is -1.21. The summed E-state index contributed by atoms with van der Waals surface area (Å²) in [5, 5.41) is 0. The van der Waals surface area contributed by atoms with E-state index in [2.05, 4.69) is 0 Å². The number of hydrogen-bond acceptors (Lipinski definition) is 1. The van der Waals surface area contributed by atoms with Crippen LogP contribution in [0.15, 0.2) is 42.2 Å². The number of amides is 1. The second-order valence-electron chi connectivity index (χ2n) is 2.80. The lowest BCUT2D eigenvalue weighted by Gasteiger charge is -2.14. The minimum Gasteiger partial charge on any atom is -0.302 e. The average Bonchev–Trinajstić information content (AvgIpc) is 2.49. The van der Waals surface area contributed by atoms with Crippen molar-refractivity contribution in [2.75, 3.05) is 11.4 Å². The Kier molecular flexibility index (Phi) is 1.85. The number of para-hydroxylation sites is 1. The van der Waals surface area contributed by atoms with Crippen molar-refractivity contribution in [3.63, 3.8) is 0 Å². The molecule has 0 unspecified atom stereocenters. The molecule has 13 heavy (non-hydrogen) atoms. The van der Waals surface area contributed by atoms with Crippen molar-refractivity contribution in [2.24, 2.45) is 0 Å². The zero-order valence-electron chi connectivity index (χ0n) is 6.90. The number of rotatable bonds is 1. The SMILES string of the molecule is O=C1C(F)=CCN1c1ccccc1. The number of halogens is 1. The maximum absolute atomic E-state index is 12.7. The Morgan fingerprint density at radius 3 is 2.46 bits per heavy atom. The third-order valence-corrected chi connectivity index (χ3v) is 1.97. The Morgan fingerprint density at radius 2 is 1.92 bits per heavy atom. The first-order chi connectivity index (χ1) is 6.29. The monoisotopic (exact) mass is 177 g/mol. The number of benzene rings is 1. The topological polar surface area (TPSA) is 20.3 Å². The van der Waals surface area contributed by atoms with Crippen LogP contribution in [-0.2, 0) is 4.79 Å². The molecule has 0 aliphatic carbocycles. The van der Waals surface area contributed by atoms with Crippen molar-refractivity contribution in [1.82, 2.24) is 0 Å². The van der Waals surface area contributed by atoms with Crippen LogP contribution in [0.4, 0.5) is 10.1 Å². The lowest BCUT2D eigenvalue weighted by Crippen LogP contribution is -2.25. The summed E-state index contributed by atoms with van der Waals surface area (Å²) in [5.41, 5.74) is 0.733. The van der Waals surface area contributed by atoms with E-state index in [9.17, 15) is 9.18 Å². The van der Waals surface area contributed by atoms with Crippen molar-refractivity contribution in [3.05, 3.63) is 42.2 Å². The second-order valence-corrected chi connectivity index (χ2v) is 2.80. The molecule has 1 aliphatic heterocycles. The molecule has 0 N–H and O–H groups in total. The van der Waals surface area contributed by atoms with Crippen LogP contribution >= 0.6 is 0 Å². The molecule has 0 bridgehead atoms. The highest BCUT2D eigenvalue weighted by Crippen LogP contribution is 2.20. The minimum atomic E-state index is -0.663. The number of hydrogen-bond donors (Lipinski definition) is 0. The van der Waals surface area contributed by atoms with E-state index in [1.807, 2.05) is 18.2 Å². The zero-order valence-corrected chi connectivity index (χ0v) is 6.90. The van der Waals surface area contributed by atoms with Gasteiger partial charge in [-0.05, 0) is 18.2 Å². The molecular weight excluding hydrogens is 169 g/mol. The summed E-state index contributed by atoms with van der Waals surface area (Å²) in [6, 6.07) is 9.06. The van der Waals surface area contributed by atoms with Crippen LogP contribution < -0.4 is 4.90 Å². The van der Waals surface area contributed by atoms with Gasteiger partial charge in [0.05, 0.1) is 0 Å². The first-order valence-corrected chi connectivity index (χ1v) is 4.01. The van der Waals surface area contributed by atoms with Gasteiger partial charge in [-0.3, -0.25) is 4.79 Å². The van der Waals surface area contributed by atoms with Gasteiger partial charge in [0.15, 0.2) is 5.83 Å². The van der Waals surface area contributed by atoms with E-state index >= 15 is 0 Å². The number of carbonyl (C=O) groups is 1. The van der Waals surface area contributed by atoms with Gasteiger partial charge in [0.2, 0.25) is 0 Å². The van der Waals surface area contributed by atoms with Gasteiger partial charge in [0.25, 0.3) is 5.91 Å². The van der Waals surface area contributed by atoms with Gasteiger partial charge in [-0.2, -0.15) is 0 Å². The molecule has 0 saturated heterocycles. The minimum absolute atomic E-state index is 0.328. The van der Waals surface area contributed by atoms with Crippen LogP contribution in [0.5, 0.6) is 0 Å². The van der Waals surface area contributed by atoms with Crippen molar-refractivity contribution in [2.45, 2.75) is 0 Å². The van der Waals surface area contributed by atoms with Gasteiger partial charge in [0, 0.05) is 12.2 Å². The molecular formula is C10H8FNO. The molecule has 66 valence electrons. The smallest absolute Gasteiger partial charge is 0.287 e. The summed E-state index contributed by atoms with van der Waals surface area (Å²) < 4.78 is 12.7. The molecule has 1 amide bonds. The van der Waals surface area contributed by atoms with Crippen LogP contribution in [0, 0.1) is 0 Å². The molecule has 1 aromatic rings. The summed E-state index contributed by atoms with van der Waals surface area (Å²) in [7, 11) is 0. The highest BCUT2D eigenvalue weighted by Gasteiger charge is 2.24. The summed E-state index contributed by atoms with van der Waals surface area (Å²) >= 11 is 0. The van der Waals surface area contributed by atoms with Crippen molar-refractivity contribution < 1.29 is 9.18 Å². The fourth-order valence-electron chi connectivity index (χ4n) is 1.30. The predicted octanol–water partition coefficient (Wildman–Crippen LogP) is 1.89. The number of anilines is 1. The maximum atomic E-state index is 12.7. The van der Waals surface area contributed by atoms with Crippen LogP contribution in [0.2, 0.25) is 0 Å². The van der Waals surface area contributed by atoms with E-state index in [4.69, 9.17) is 0 Å². The fraction of sp³-hybridized carbons (Fsp3) is 0.100. The van der Waals surface area contributed by atoms with Gasteiger partial charge in [-0.25, -0.2) is 4.39 Å². The summed E-state index contributed by atoms with van der Waals surface area (Å²) in [6.45, 7) is 0.328.